The Hall–Kier alpha value is -2.51. The van der Waals surface area contributed by atoms with Gasteiger partial charge >= 0.3 is 5.97 Å². The van der Waals surface area contributed by atoms with Gasteiger partial charge in [0.15, 0.2) is 5.78 Å². The molecule has 2 aromatic rings. The SMILES string of the molecule is O=C(O)CCCC=CC[C@H]1[C@@H](OCc2ccc(-c3ccc(Cl)cc3)cc2)CC(=O)[C@@H]1N1CCOCC1. The Kier molecular flexibility index (Phi) is 9.70. The van der Waals surface area contributed by atoms with Crippen LogP contribution < -0.4 is 0 Å². The summed E-state index contributed by atoms with van der Waals surface area (Å²) >= 11 is 6.00. The fraction of sp³-hybridized carbons (Fsp3) is 0.448. The van der Waals surface area contributed by atoms with E-state index in [0.29, 0.717) is 32.7 Å². The van der Waals surface area contributed by atoms with E-state index in [4.69, 9.17) is 26.2 Å². The highest BCUT2D eigenvalue weighted by Gasteiger charge is 2.45. The zero-order chi connectivity index (χ0) is 25.3. The van der Waals surface area contributed by atoms with Gasteiger partial charge in [-0.3, -0.25) is 14.5 Å². The van der Waals surface area contributed by atoms with E-state index in [1.54, 1.807) is 0 Å². The number of allylic oxidation sites excluding steroid dienone is 2. The molecule has 1 aliphatic heterocycles. The van der Waals surface area contributed by atoms with Crippen molar-refractivity contribution in [2.24, 2.45) is 5.92 Å². The third kappa shape index (κ3) is 7.26. The molecule has 2 aromatic carbocycles. The van der Waals surface area contributed by atoms with Gasteiger partial charge in [-0.2, -0.15) is 0 Å². The summed E-state index contributed by atoms with van der Waals surface area (Å²) in [7, 11) is 0. The number of carbonyl (C=O) groups excluding carboxylic acids is 1. The fourth-order valence-electron chi connectivity index (χ4n) is 5.09. The van der Waals surface area contributed by atoms with Crippen molar-refractivity contribution in [3.05, 3.63) is 71.3 Å². The average molecular weight is 512 g/mol. The van der Waals surface area contributed by atoms with Gasteiger partial charge in [0.1, 0.15) is 0 Å². The predicted molar refractivity (Wildman–Crippen MR) is 140 cm³/mol. The Morgan fingerprint density at radius 3 is 2.39 bits per heavy atom. The third-order valence-electron chi connectivity index (χ3n) is 6.99. The maximum Gasteiger partial charge on any atom is 0.303 e. The van der Waals surface area contributed by atoms with Gasteiger partial charge in [0.05, 0.1) is 32.0 Å². The molecule has 1 heterocycles. The van der Waals surface area contributed by atoms with E-state index in [2.05, 4.69) is 35.2 Å². The molecule has 1 saturated carbocycles. The Morgan fingerprint density at radius 2 is 1.72 bits per heavy atom. The van der Waals surface area contributed by atoms with Crippen molar-refractivity contribution in [1.82, 2.24) is 4.90 Å². The molecule has 1 saturated heterocycles. The number of halogens is 1. The largest absolute Gasteiger partial charge is 0.481 e. The van der Waals surface area contributed by atoms with Crippen molar-refractivity contribution in [2.45, 2.75) is 50.9 Å². The number of carboxylic acids is 1. The number of aliphatic carboxylic acids is 1. The number of hydrogen-bond acceptors (Lipinski definition) is 5. The first-order valence-corrected chi connectivity index (χ1v) is 13.1. The Balaban J connectivity index is 1.38. The number of carboxylic acid groups (broad SMARTS) is 1. The number of ketones is 1. The minimum absolute atomic E-state index is 0.0691. The lowest BCUT2D eigenvalue weighted by Gasteiger charge is -2.35. The minimum Gasteiger partial charge on any atom is -0.481 e. The smallest absolute Gasteiger partial charge is 0.303 e. The molecular formula is C29H34ClNO5. The highest BCUT2D eigenvalue weighted by atomic mass is 35.5. The van der Waals surface area contributed by atoms with Crippen LogP contribution in [-0.4, -0.2) is 60.2 Å². The van der Waals surface area contributed by atoms with E-state index < -0.39 is 5.97 Å². The predicted octanol–water partition coefficient (Wildman–Crippen LogP) is 5.38. The monoisotopic (exact) mass is 511 g/mol. The second kappa shape index (κ2) is 13.2. The number of Topliss-reactive ketones (excluding diaryl/α,β-unsaturated/α-hetero) is 1. The summed E-state index contributed by atoms with van der Waals surface area (Å²) in [6.45, 7) is 3.26. The van der Waals surface area contributed by atoms with Gasteiger partial charge in [-0.15, -0.1) is 0 Å². The molecule has 1 N–H and O–H groups in total. The normalized spacial score (nSPS) is 22.9. The number of morpholine rings is 1. The molecule has 0 bridgehead atoms. The number of ether oxygens (including phenoxy) is 2. The number of unbranched alkanes of at least 4 members (excludes halogenated alkanes) is 1. The number of rotatable bonds is 11. The summed E-state index contributed by atoms with van der Waals surface area (Å²) in [6, 6.07) is 15.9. The molecule has 1 aliphatic carbocycles. The maximum atomic E-state index is 13.1. The topological polar surface area (TPSA) is 76.1 Å². The van der Waals surface area contributed by atoms with E-state index >= 15 is 0 Å². The summed E-state index contributed by atoms with van der Waals surface area (Å²) in [5.41, 5.74) is 3.29. The van der Waals surface area contributed by atoms with Crippen LogP contribution >= 0.6 is 11.6 Å². The molecule has 0 unspecified atom stereocenters. The summed E-state index contributed by atoms with van der Waals surface area (Å²) in [4.78, 5) is 26.1. The van der Waals surface area contributed by atoms with Gasteiger partial charge in [-0.05, 0) is 48.1 Å². The zero-order valence-corrected chi connectivity index (χ0v) is 21.2. The molecule has 4 rings (SSSR count). The highest BCUT2D eigenvalue weighted by Crippen LogP contribution is 2.34. The van der Waals surface area contributed by atoms with Crippen molar-refractivity contribution in [3.63, 3.8) is 0 Å². The molecule has 0 spiro atoms. The first kappa shape index (κ1) is 26.6. The van der Waals surface area contributed by atoms with E-state index in [1.807, 2.05) is 30.3 Å². The fourth-order valence-corrected chi connectivity index (χ4v) is 5.21. The maximum absolute atomic E-state index is 13.1. The van der Waals surface area contributed by atoms with Gasteiger partial charge in [0.2, 0.25) is 0 Å². The summed E-state index contributed by atoms with van der Waals surface area (Å²) in [5, 5.41) is 9.54. The van der Waals surface area contributed by atoms with Crippen molar-refractivity contribution < 1.29 is 24.2 Å². The lowest BCUT2D eigenvalue weighted by atomic mass is 9.95. The van der Waals surface area contributed by atoms with E-state index in [9.17, 15) is 9.59 Å². The standard InChI is InChI=1S/C29H34ClNO5/c30-24-13-11-23(12-14-24)22-9-7-21(8-10-22)20-36-27-19-26(32)29(31-15-17-35-18-16-31)25(27)5-3-1-2-4-6-28(33)34/h1,3,7-14,25,27,29H,2,4-6,15-20H2,(H,33,34)/t25-,27-,29+/m0/s1. The quantitative estimate of drug-likeness (QED) is 0.322. The van der Waals surface area contributed by atoms with Gasteiger partial charge in [0.25, 0.3) is 0 Å². The van der Waals surface area contributed by atoms with E-state index in [-0.39, 0.29) is 30.3 Å². The molecule has 0 amide bonds. The molecule has 0 aromatic heterocycles. The van der Waals surface area contributed by atoms with Crippen LogP contribution in [-0.2, 0) is 25.7 Å². The van der Waals surface area contributed by atoms with Gasteiger partial charge < -0.3 is 14.6 Å². The molecule has 2 fully saturated rings. The van der Waals surface area contributed by atoms with Crippen LogP contribution in [0.15, 0.2) is 60.7 Å². The molecule has 2 aliphatic rings. The molecule has 192 valence electrons. The van der Waals surface area contributed by atoms with Crippen LogP contribution in [0.3, 0.4) is 0 Å². The van der Waals surface area contributed by atoms with Crippen LogP contribution in [0.25, 0.3) is 11.1 Å². The van der Waals surface area contributed by atoms with Crippen molar-refractivity contribution in [1.29, 1.82) is 0 Å². The molecule has 6 nitrogen and oxygen atoms in total. The number of nitrogens with zero attached hydrogens (tertiary/aromatic N) is 1. The molecular weight excluding hydrogens is 478 g/mol. The lowest BCUT2D eigenvalue weighted by molar-refractivity contribution is -0.137. The Morgan fingerprint density at radius 1 is 1.06 bits per heavy atom. The van der Waals surface area contributed by atoms with E-state index in [0.717, 1.165) is 47.6 Å². The molecule has 0 radical (unpaired) electrons. The van der Waals surface area contributed by atoms with Crippen molar-refractivity contribution in [2.75, 3.05) is 26.3 Å². The average Bonchev–Trinajstić information content (AvgIpc) is 3.20. The van der Waals surface area contributed by atoms with Crippen molar-refractivity contribution in [3.8, 4) is 11.1 Å². The number of benzene rings is 2. The van der Waals surface area contributed by atoms with Crippen LogP contribution in [0.5, 0.6) is 0 Å². The van der Waals surface area contributed by atoms with E-state index in [1.165, 1.54) is 0 Å². The minimum atomic E-state index is -0.771. The summed E-state index contributed by atoms with van der Waals surface area (Å²) in [5.74, 6) is -0.462. The Bertz CT molecular complexity index is 1030. The second-order valence-corrected chi connectivity index (χ2v) is 9.91. The Labute approximate surface area is 217 Å². The van der Waals surface area contributed by atoms with Crippen LogP contribution in [0, 0.1) is 5.92 Å². The molecule has 3 atom stereocenters. The van der Waals surface area contributed by atoms with Crippen molar-refractivity contribution >= 4 is 23.4 Å². The highest BCUT2D eigenvalue weighted by molar-refractivity contribution is 6.30. The van der Waals surface area contributed by atoms with Gasteiger partial charge in [-0.1, -0.05) is 60.2 Å². The zero-order valence-electron chi connectivity index (χ0n) is 20.5. The first-order valence-electron chi connectivity index (χ1n) is 12.7. The van der Waals surface area contributed by atoms with Crippen LogP contribution in [0.1, 0.15) is 37.7 Å². The third-order valence-corrected chi connectivity index (χ3v) is 7.24. The molecule has 36 heavy (non-hydrogen) atoms. The van der Waals surface area contributed by atoms with Crippen LogP contribution in [0.4, 0.5) is 0 Å². The summed E-state index contributed by atoms with van der Waals surface area (Å²) < 4.78 is 11.9. The number of carbonyl (C=O) groups is 2. The first-order chi connectivity index (χ1) is 17.5. The van der Waals surface area contributed by atoms with Gasteiger partial charge in [-0.25, -0.2) is 0 Å². The summed E-state index contributed by atoms with van der Waals surface area (Å²) in [6.07, 6.45) is 6.65. The van der Waals surface area contributed by atoms with Crippen LogP contribution in [0.2, 0.25) is 5.02 Å². The second-order valence-electron chi connectivity index (χ2n) is 9.47. The molecule has 7 heteroatoms. The number of hydrogen-bond donors (Lipinski definition) is 1. The lowest BCUT2D eigenvalue weighted by Crippen LogP contribution is -2.49. The van der Waals surface area contributed by atoms with Gasteiger partial charge in [0, 0.05) is 36.9 Å².